The summed E-state index contributed by atoms with van der Waals surface area (Å²) in [6.45, 7) is 5.16. The minimum Gasteiger partial charge on any atom is -0.379 e. The fourth-order valence-electron chi connectivity index (χ4n) is 3.35. The Labute approximate surface area is 179 Å². The first-order chi connectivity index (χ1) is 14.1. The molecule has 0 aliphatic carbocycles. The van der Waals surface area contributed by atoms with Gasteiger partial charge in [-0.2, -0.15) is 0 Å². The SMILES string of the molecule is O=C(NCCCN1CCOCC1)c1ccc(-c2nc3cc(Cl)c(Cl)cc3[nH]2)cc1. The third kappa shape index (κ3) is 4.90. The van der Waals surface area contributed by atoms with Gasteiger partial charge in [0.15, 0.2) is 0 Å². The van der Waals surface area contributed by atoms with Gasteiger partial charge < -0.3 is 15.0 Å². The molecule has 2 N–H and O–H groups in total. The monoisotopic (exact) mass is 432 g/mol. The molecule has 0 bridgehead atoms. The topological polar surface area (TPSA) is 70.2 Å². The average molecular weight is 433 g/mol. The first-order valence-corrected chi connectivity index (χ1v) is 10.4. The van der Waals surface area contributed by atoms with Crippen LogP contribution in [-0.4, -0.2) is 60.2 Å². The highest BCUT2D eigenvalue weighted by Gasteiger charge is 2.12. The molecule has 2 heterocycles. The summed E-state index contributed by atoms with van der Waals surface area (Å²) in [5.74, 6) is 0.637. The number of halogens is 2. The molecule has 3 aromatic rings. The number of rotatable bonds is 6. The number of H-pyrrole nitrogens is 1. The number of amides is 1. The average Bonchev–Trinajstić information content (AvgIpc) is 3.15. The lowest BCUT2D eigenvalue weighted by molar-refractivity contribution is 0.0374. The number of aromatic amines is 1. The maximum Gasteiger partial charge on any atom is 0.251 e. The molecular weight excluding hydrogens is 411 g/mol. The Morgan fingerprint density at radius 3 is 2.62 bits per heavy atom. The number of carbonyl (C=O) groups excluding carboxylic acids is 1. The molecule has 0 spiro atoms. The fraction of sp³-hybridized carbons (Fsp3) is 0.333. The largest absolute Gasteiger partial charge is 0.379 e. The molecule has 1 aliphatic heterocycles. The molecule has 0 radical (unpaired) electrons. The van der Waals surface area contributed by atoms with E-state index in [1.807, 2.05) is 12.1 Å². The molecule has 2 aromatic carbocycles. The van der Waals surface area contributed by atoms with Crippen LogP contribution in [0, 0.1) is 0 Å². The van der Waals surface area contributed by atoms with Gasteiger partial charge in [-0.1, -0.05) is 35.3 Å². The molecule has 0 unspecified atom stereocenters. The number of imidazole rings is 1. The van der Waals surface area contributed by atoms with Crippen molar-refractivity contribution in [1.29, 1.82) is 0 Å². The van der Waals surface area contributed by atoms with Crippen molar-refractivity contribution in [3.63, 3.8) is 0 Å². The van der Waals surface area contributed by atoms with Crippen LogP contribution >= 0.6 is 23.2 Å². The quantitative estimate of drug-likeness (QED) is 0.577. The van der Waals surface area contributed by atoms with Crippen molar-refractivity contribution in [3.8, 4) is 11.4 Å². The van der Waals surface area contributed by atoms with E-state index in [0.29, 0.717) is 28.0 Å². The van der Waals surface area contributed by atoms with E-state index < -0.39 is 0 Å². The van der Waals surface area contributed by atoms with E-state index in [9.17, 15) is 4.79 Å². The van der Waals surface area contributed by atoms with Gasteiger partial charge in [-0.25, -0.2) is 4.98 Å². The summed E-state index contributed by atoms with van der Waals surface area (Å²) in [5, 5.41) is 3.93. The molecule has 8 heteroatoms. The van der Waals surface area contributed by atoms with Crippen LogP contribution in [0.5, 0.6) is 0 Å². The Hall–Kier alpha value is -2.12. The predicted octanol–water partition coefficient (Wildman–Crippen LogP) is 3.99. The highest BCUT2D eigenvalue weighted by Crippen LogP contribution is 2.28. The number of carbonyl (C=O) groups is 1. The van der Waals surface area contributed by atoms with Crippen molar-refractivity contribution in [2.45, 2.75) is 6.42 Å². The van der Waals surface area contributed by atoms with Crippen molar-refractivity contribution in [2.75, 3.05) is 39.4 Å². The normalized spacial score (nSPS) is 15.0. The third-order valence-electron chi connectivity index (χ3n) is 4.98. The van der Waals surface area contributed by atoms with Gasteiger partial charge >= 0.3 is 0 Å². The number of aromatic nitrogens is 2. The summed E-state index contributed by atoms with van der Waals surface area (Å²) in [7, 11) is 0. The summed E-state index contributed by atoms with van der Waals surface area (Å²) in [5.41, 5.74) is 3.08. The van der Waals surface area contributed by atoms with Crippen LogP contribution in [0.4, 0.5) is 0 Å². The van der Waals surface area contributed by atoms with Gasteiger partial charge in [0, 0.05) is 30.8 Å². The van der Waals surface area contributed by atoms with Crippen LogP contribution in [0.3, 0.4) is 0 Å². The van der Waals surface area contributed by atoms with Gasteiger partial charge in [0.1, 0.15) is 5.82 Å². The van der Waals surface area contributed by atoms with Gasteiger partial charge in [0.25, 0.3) is 5.91 Å². The van der Waals surface area contributed by atoms with Crippen molar-refractivity contribution < 1.29 is 9.53 Å². The summed E-state index contributed by atoms with van der Waals surface area (Å²) >= 11 is 12.1. The number of hydrogen-bond donors (Lipinski definition) is 2. The highest BCUT2D eigenvalue weighted by molar-refractivity contribution is 6.42. The highest BCUT2D eigenvalue weighted by atomic mass is 35.5. The molecule has 29 heavy (non-hydrogen) atoms. The smallest absolute Gasteiger partial charge is 0.251 e. The van der Waals surface area contributed by atoms with E-state index in [0.717, 1.165) is 55.9 Å². The number of hydrogen-bond acceptors (Lipinski definition) is 4. The van der Waals surface area contributed by atoms with Crippen molar-refractivity contribution >= 4 is 40.1 Å². The molecule has 0 saturated carbocycles. The molecule has 1 aliphatic rings. The van der Waals surface area contributed by atoms with E-state index in [1.54, 1.807) is 24.3 Å². The van der Waals surface area contributed by atoms with E-state index >= 15 is 0 Å². The number of nitrogens with zero attached hydrogens (tertiary/aromatic N) is 2. The number of morpholine rings is 1. The summed E-state index contributed by atoms with van der Waals surface area (Å²) < 4.78 is 5.34. The lowest BCUT2D eigenvalue weighted by Gasteiger charge is -2.26. The zero-order valence-corrected chi connectivity index (χ0v) is 17.4. The molecule has 152 valence electrons. The Balaban J connectivity index is 1.34. The molecule has 4 rings (SSSR count). The predicted molar refractivity (Wildman–Crippen MR) is 116 cm³/mol. The second-order valence-corrected chi connectivity index (χ2v) is 7.82. The maximum atomic E-state index is 12.4. The standard InChI is InChI=1S/C21H22Cl2N4O2/c22-16-12-18-19(13-17(16)23)26-20(25-18)14-2-4-15(5-3-14)21(28)24-6-1-7-27-8-10-29-11-9-27/h2-5,12-13H,1,6-11H2,(H,24,28)(H,25,26). The lowest BCUT2D eigenvalue weighted by atomic mass is 10.1. The Morgan fingerprint density at radius 1 is 1.14 bits per heavy atom. The number of nitrogens with one attached hydrogen (secondary N) is 2. The van der Waals surface area contributed by atoms with Crippen LogP contribution in [0.15, 0.2) is 36.4 Å². The number of ether oxygens (including phenoxy) is 1. The summed E-state index contributed by atoms with van der Waals surface area (Å²) in [4.78, 5) is 22.5. The van der Waals surface area contributed by atoms with Crippen LogP contribution < -0.4 is 5.32 Å². The van der Waals surface area contributed by atoms with Gasteiger partial charge in [0.05, 0.1) is 34.3 Å². The molecule has 1 saturated heterocycles. The lowest BCUT2D eigenvalue weighted by Crippen LogP contribution is -2.38. The molecular formula is C21H22Cl2N4O2. The first kappa shape index (κ1) is 20.2. The minimum absolute atomic E-state index is 0.0679. The van der Waals surface area contributed by atoms with Crippen LogP contribution in [-0.2, 0) is 4.74 Å². The summed E-state index contributed by atoms with van der Waals surface area (Å²) in [6, 6.07) is 10.9. The van der Waals surface area contributed by atoms with Gasteiger partial charge in [-0.3, -0.25) is 9.69 Å². The number of fused-ring (bicyclic) bond motifs is 1. The molecule has 1 amide bonds. The van der Waals surface area contributed by atoms with Gasteiger partial charge in [0.2, 0.25) is 0 Å². The van der Waals surface area contributed by atoms with Crippen LogP contribution in [0.2, 0.25) is 10.0 Å². The third-order valence-corrected chi connectivity index (χ3v) is 5.71. The molecule has 1 fully saturated rings. The van der Waals surface area contributed by atoms with Gasteiger partial charge in [-0.05, 0) is 37.2 Å². The Morgan fingerprint density at radius 2 is 1.86 bits per heavy atom. The molecule has 0 atom stereocenters. The second kappa shape index (κ2) is 9.13. The van der Waals surface area contributed by atoms with E-state index in [2.05, 4.69) is 20.2 Å². The number of benzene rings is 2. The van der Waals surface area contributed by atoms with Crippen molar-refractivity contribution in [2.24, 2.45) is 0 Å². The van der Waals surface area contributed by atoms with Crippen LogP contribution in [0.1, 0.15) is 16.8 Å². The molecule has 6 nitrogen and oxygen atoms in total. The van der Waals surface area contributed by atoms with Gasteiger partial charge in [-0.15, -0.1) is 0 Å². The fourth-order valence-corrected chi connectivity index (χ4v) is 3.67. The molecule has 1 aromatic heterocycles. The van der Waals surface area contributed by atoms with Crippen molar-refractivity contribution in [3.05, 3.63) is 52.0 Å². The maximum absolute atomic E-state index is 12.4. The summed E-state index contributed by atoms with van der Waals surface area (Å²) in [6.07, 6.45) is 0.925. The first-order valence-electron chi connectivity index (χ1n) is 9.63. The zero-order valence-electron chi connectivity index (χ0n) is 15.9. The Bertz CT molecular complexity index is 959. The minimum atomic E-state index is -0.0679. The van der Waals surface area contributed by atoms with E-state index in [4.69, 9.17) is 27.9 Å². The zero-order chi connectivity index (χ0) is 20.2. The van der Waals surface area contributed by atoms with E-state index in [1.165, 1.54) is 0 Å². The second-order valence-electron chi connectivity index (χ2n) is 7.01. The van der Waals surface area contributed by atoms with Crippen LogP contribution in [0.25, 0.3) is 22.4 Å². The van der Waals surface area contributed by atoms with E-state index in [-0.39, 0.29) is 5.91 Å². The van der Waals surface area contributed by atoms with Crippen molar-refractivity contribution in [1.82, 2.24) is 20.2 Å². The Kier molecular flexibility index (Phi) is 6.35.